The number of rotatable bonds is 6. The Morgan fingerprint density at radius 3 is 2.65 bits per heavy atom. The standard InChI is InChI=1S/C23H17ClFNO4S/c1-14-2-5-16(6-3-14)29-11-10-26-22(27)21(31-23(26)28)13-17-7-9-20(30-17)15-4-8-19(25)18(24)12-15/h2-9,12-13H,10-11H2,1H3/b21-13-. The van der Waals surface area contributed by atoms with Crippen molar-refractivity contribution in [2.24, 2.45) is 0 Å². The number of carbonyl (C=O) groups is 2. The lowest BCUT2D eigenvalue weighted by Crippen LogP contribution is -2.32. The predicted molar refractivity (Wildman–Crippen MR) is 118 cm³/mol. The molecule has 0 radical (unpaired) electrons. The van der Waals surface area contributed by atoms with Gasteiger partial charge in [0.25, 0.3) is 11.1 Å². The van der Waals surface area contributed by atoms with Crippen LogP contribution in [0.5, 0.6) is 5.75 Å². The number of hydrogen-bond acceptors (Lipinski definition) is 5. The first kappa shape index (κ1) is 21.2. The summed E-state index contributed by atoms with van der Waals surface area (Å²) in [4.78, 5) is 26.3. The third-order valence-corrected chi connectivity index (χ3v) is 5.78. The van der Waals surface area contributed by atoms with Gasteiger partial charge < -0.3 is 9.15 Å². The molecule has 0 bridgehead atoms. The van der Waals surface area contributed by atoms with Crippen LogP contribution < -0.4 is 4.74 Å². The molecule has 0 aliphatic carbocycles. The highest BCUT2D eigenvalue weighted by molar-refractivity contribution is 8.18. The normalized spacial score (nSPS) is 15.2. The van der Waals surface area contributed by atoms with Gasteiger partial charge in [-0.05, 0) is 61.2 Å². The Hall–Kier alpha value is -3.03. The largest absolute Gasteiger partial charge is 0.492 e. The number of furan rings is 1. The van der Waals surface area contributed by atoms with Crippen LogP contribution in [-0.2, 0) is 4.79 Å². The SMILES string of the molecule is Cc1ccc(OCCN2C(=O)S/C(=C\c3ccc(-c4ccc(F)c(Cl)c4)o3)C2=O)cc1. The molecule has 0 spiro atoms. The van der Waals surface area contributed by atoms with Crippen molar-refractivity contribution in [3.05, 3.63) is 81.7 Å². The van der Waals surface area contributed by atoms with Gasteiger partial charge >= 0.3 is 0 Å². The van der Waals surface area contributed by atoms with Crippen LogP contribution in [0, 0.1) is 12.7 Å². The fourth-order valence-electron chi connectivity index (χ4n) is 2.95. The number of halogens is 2. The Labute approximate surface area is 187 Å². The topological polar surface area (TPSA) is 59.8 Å². The summed E-state index contributed by atoms with van der Waals surface area (Å²) in [5.74, 6) is 0.635. The lowest BCUT2D eigenvalue weighted by molar-refractivity contribution is -0.123. The van der Waals surface area contributed by atoms with Gasteiger partial charge in [0, 0.05) is 11.6 Å². The van der Waals surface area contributed by atoms with Crippen LogP contribution >= 0.6 is 23.4 Å². The van der Waals surface area contributed by atoms with Gasteiger partial charge in [-0.2, -0.15) is 0 Å². The second kappa shape index (κ2) is 8.99. The molecule has 4 rings (SSSR count). The molecule has 5 nitrogen and oxygen atoms in total. The van der Waals surface area contributed by atoms with Crippen LogP contribution in [0.4, 0.5) is 9.18 Å². The maximum Gasteiger partial charge on any atom is 0.293 e. The minimum atomic E-state index is -0.516. The van der Waals surface area contributed by atoms with E-state index in [9.17, 15) is 14.0 Å². The lowest BCUT2D eigenvalue weighted by Gasteiger charge is -2.13. The minimum absolute atomic E-state index is 0.00979. The Morgan fingerprint density at radius 2 is 1.90 bits per heavy atom. The van der Waals surface area contributed by atoms with Crippen LogP contribution in [0.25, 0.3) is 17.4 Å². The summed E-state index contributed by atoms with van der Waals surface area (Å²) in [6, 6.07) is 15.1. The van der Waals surface area contributed by atoms with Crippen LogP contribution in [0.2, 0.25) is 5.02 Å². The fraction of sp³-hybridized carbons (Fsp3) is 0.130. The maximum atomic E-state index is 13.3. The Bertz CT molecular complexity index is 1170. The molecule has 1 aliphatic rings. The summed E-state index contributed by atoms with van der Waals surface area (Å²) >= 11 is 6.66. The van der Waals surface area contributed by atoms with Crippen molar-refractivity contribution in [1.82, 2.24) is 4.90 Å². The molecular weight excluding hydrogens is 441 g/mol. The molecule has 1 saturated heterocycles. The molecule has 1 aliphatic heterocycles. The lowest BCUT2D eigenvalue weighted by atomic mass is 10.2. The Morgan fingerprint density at radius 1 is 1.13 bits per heavy atom. The molecule has 2 amide bonds. The van der Waals surface area contributed by atoms with Crippen molar-refractivity contribution in [2.45, 2.75) is 6.92 Å². The highest BCUT2D eigenvalue weighted by Gasteiger charge is 2.35. The molecule has 2 aromatic carbocycles. The molecule has 0 N–H and O–H groups in total. The van der Waals surface area contributed by atoms with Crippen molar-refractivity contribution < 1.29 is 23.1 Å². The number of hydrogen-bond donors (Lipinski definition) is 0. The first-order valence-electron chi connectivity index (χ1n) is 9.41. The number of nitrogens with zero attached hydrogens (tertiary/aromatic N) is 1. The average Bonchev–Trinajstić information content (AvgIpc) is 3.31. The number of amides is 2. The number of ether oxygens (including phenoxy) is 1. The molecule has 1 aromatic heterocycles. The maximum absolute atomic E-state index is 13.3. The van der Waals surface area contributed by atoms with E-state index in [1.807, 2.05) is 31.2 Å². The molecular formula is C23H17ClFNO4S. The molecule has 2 heterocycles. The Balaban J connectivity index is 1.41. The van der Waals surface area contributed by atoms with E-state index in [4.69, 9.17) is 20.8 Å². The van der Waals surface area contributed by atoms with Crippen LogP contribution in [-0.4, -0.2) is 29.2 Å². The molecule has 0 atom stereocenters. The first-order chi connectivity index (χ1) is 14.9. The van der Waals surface area contributed by atoms with Gasteiger partial charge in [0.1, 0.15) is 29.7 Å². The van der Waals surface area contributed by atoms with Crippen molar-refractivity contribution in [3.8, 4) is 17.1 Å². The van der Waals surface area contributed by atoms with E-state index in [0.29, 0.717) is 22.8 Å². The van der Waals surface area contributed by atoms with Crippen molar-refractivity contribution in [1.29, 1.82) is 0 Å². The second-order valence-corrected chi connectivity index (χ2v) is 8.23. The molecule has 8 heteroatoms. The predicted octanol–water partition coefficient (Wildman–Crippen LogP) is 6.16. The summed E-state index contributed by atoms with van der Waals surface area (Å²) in [5, 5.41) is -0.370. The first-order valence-corrected chi connectivity index (χ1v) is 10.6. The highest BCUT2D eigenvalue weighted by atomic mass is 35.5. The van der Waals surface area contributed by atoms with Crippen LogP contribution in [0.15, 0.2) is 63.9 Å². The second-order valence-electron chi connectivity index (χ2n) is 6.83. The van der Waals surface area contributed by atoms with E-state index in [1.165, 1.54) is 18.2 Å². The van der Waals surface area contributed by atoms with Crippen molar-refractivity contribution in [2.75, 3.05) is 13.2 Å². The van der Waals surface area contributed by atoms with Gasteiger partial charge in [0.2, 0.25) is 0 Å². The third kappa shape index (κ3) is 4.84. The van der Waals surface area contributed by atoms with Gasteiger partial charge in [-0.3, -0.25) is 14.5 Å². The molecule has 0 unspecified atom stereocenters. The van der Waals surface area contributed by atoms with Gasteiger partial charge in [-0.15, -0.1) is 0 Å². The smallest absolute Gasteiger partial charge is 0.293 e. The zero-order valence-electron chi connectivity index (χ0n) is 16.4. The highest BCUT2D eigenvalue weighted by Crippen LogP contribution is 2.33. The summed E-state index contributed by atoms with van der Waals surface area (Å²) < 4.78 is 24.7. The monoisotopic (exact) mass is 457 g/mol. The van der Waals surface area contributed by atoms with E-state index >= 15 is 0 Å². The number of aryl methyl sites for hydroxylation is 1. The number of thioether (sulfide) groups is 1. The van der Waals surface area contributed by atoms with E-state index < -0.39 is 11.7 Å². The fourth-order valence-corrected chi connectivity index (χ4v) is 3.97. The summed E-state index contributed by atoms with van der Waals surface area (Å²) in [5.41, 5.74) is 1.72. The van der Waals surface area contributed by atoms with Crippen molar-refractivity contribution >= 4 is 40.6 Å². The van der Waals surface area contributed by atoms with E-state index in [0.717, 1.165) is 22.2 Å². The quantitative estimate of drug-likeness (QED) is 0.415. The molecule has 158 valence electrons. The van der Waals surface area contributed by atoms with Gasteiger partial charge in [0.05, 0.1) is 16.5 Å². The molecule has 31 heavy (non-hydrogen) atoms. The number of benzene rings is 2. The van der Waals surface area contributed by atoms with Crippen LogP contribution in [0.3, 0.4) is 0 Å². The molecule has 1 fully saturated rings. The number of imide groups is 1. The molecule has 3 aromatic rings. The zero-order valence-corrected chi connectivity index (χ0v) is 18.0. The minimum Gasteiger partial charge on any atom is -0.492 e. The summed E-state index contributed by atoms with van der Waals surface area (Å²) in [6.07, 6.45) is 1.51. The Kier molecular flexibility index (Phi) is 6.15. The third-order valence-electron chi connectivity index (χ3n) is 4.58. The van der Waals surface area contributed by atoms with Crippen molar-refractivity contribution in [3.63, 3.8) is 0 Å². The van der Waals surface area contributed by atoms with Gasteiger partial charge in [0.15, 0.2) is 0 Å². The summed E-state index contributed by atoms with van der Waals surface area (Å²) in [6.45, 7) is 2.32. The van der Waals surface area contributed by atoms with E-state index in [-0.39, 0.29) is 28.3 Å². The van der Waals surface area contributed by atoms with Gasteiger partial charge in [-0.1, -0.05) is 29.3 Å². The molecule has 0 saturated carbocycles. The van der Waals surface area contributed by atoms with E-state index in [2.05, 4.69) is 0 Å². The number of carbonyl (C=O) groups excluding carboxylic acids is 2. The van der Waals surface area contributed by atoms with Gasteiger partial charge in [-0.25, -0.2) is 4.39 Å². The van der Waals surface area contributed by atoms with Crippen LogP contribution in [0.1, 0.15) is 11.3 Å². The zero-order chi connectivity index (χ0) is 22.0. The van der Waals surface area contributed by atoms with E-state index in [1.54, 1.807) is 18.2 Å². The summed E-state index contributed by atoms with van der Waals surface area (Å²) in [7, 11) is 0. The average molecular weight is 458 g/mol.